The van der Waals surface area contributed by atoms with Crippen molar-refractivity contribution in [3.63, 3.8) is 0 Å². The number of rotatable bonds is 2. The number of anilines is 1. The molecule has 1 heterocycles. The lowest BCUT2D eigenvalue weighted by Gasteiger charge is -2.10. The zero-order valence-electron chi connectivity index (χ0n) is 9.00. The lowest BCUT2D eigenvalue weighted by Crippen LogP contribution is -2.27. The number of aromatic nitrogens is 3. The fourth-order valence-electron chi connectivity index (χ4n) is 1.27. The van der Waals surface area contributed by atoms with E-state index in [2.05, 4.69) is 15.0 Å². The van der Waals surface area contributed by atoms with Crippen molar-refractivity contribution in [2.24, 2.45) is 5.84 Å². The van der Waals surface area contributed by atoms with Crippen LogP contribution in [-0.2, 0) is 0 Å². The summed E-state index contributed by atoms with van der Waals surface area (Å²) in [5, 5.41) is 11.1. The first-order valence-corrected chi connectivity index (χ1v) is 5.13. The lowest BCUT2D eigenvalue weighted by molar-refractivity contribution is 0.429. The van der Waals surface area contributed by atoms with E-state index < -0.39 is 0 Å². The van der Waals surface area contributed by atoms with Crippen molar-refractivity contribution in [1.29, 1.82) is 0 Å². The van der Waals surface area contributed by atoms with E-state index in [0.29, 0.717) is 16.4 Å². The second-order valence-electron chi connectivity index (χ2n) is 3.38. The summed E-state index contributed by atoms with van der Waals surface area (Å²) in [6, 6.07) is 6.59. The minimum Gasteiger partial charge on any atom is -0.479 e. The van der Waals surface area contributed by atoms with E-state index in [-0.39, 0.29) is 12.0 Å². The van der Waals surface area contributed by atoms with Crippen molar-refractivity contribution in [2.75, 3.05) is 12.1 Å². The predicted octanol–water partition coefficient (Wildman–Crippen LogP) is 1.21. The van der Waals surface area contributed by atoms with E-state index in [0.717, 1.165) is 0 Å². The first-order chi connectivity index (χ1) is 8.06. The van der Waals surface area contributed by atoms with Gasteiger partial charge in [0.25, 0.3) is 0 Å². The molecule has 3 N–H and O–H groups in total. The van der Waals surface area contributed by atoms with Gasteiger partial charge in [0.15, 0.2) is 5.82 Å². The summed E-state index contributed by atoms with van der Waals surface area (Å²) in [6.45, 7) is 0. The van der Waals surface area contributed by atoms with E-state index >= 15 is 0 Å². The number of halogens is 1. The fourth-order valence-corrected chi connectivity index (χ4v) is 1.46. The first-order valence-electron chi connectivity index (χ1n) is 4.75. The summed E-state index contributed by atoms with van der Waals surface area (Å²) in [5.74, 6) is 5.99. The second kappa shape index (κ2) is 4.52. The van der Waals surface area contributed by atoms with Crippen molar-refractivity contribution < 1.29 is 5.11 Å². The van der Waals surface area contributed by atoms with E-state index in [1.165, 1.54) is 5.01 Å². The van der Waals surface area contributed by atoms with Gasteiger partial charge in [0.05, 0.1) is 0 Å². The van der Waals surface area contributed by atoms with Gasteiger partial charge in [0.1, 0.15) is 0 Å². The van der Waals surface area contributed by atoms with Gasteiger partial charge in [-0.15, -0.1) is 0 Å². The van der Waals surface area contributed by atoms with Crippen LogP contribution in [0.25, 0.3) is 11.4 Å². The Morgan fingerprint density at radius 3 is 2.71 bits per heavy atom. The molecular weight excluding hydrogens is 242 g/mol. The molecule has 88 valence electrons. The maximum absolute atomic E-state index is 9.40. The van der Waals surface area contributed by atoms with Crippen LogP contribution < -0.4 is 10.9 Å². The molecule has 0 aliphatic rings. The Morgan fingerprint density at radius 2 is 2.06 bits per heavy atom. The molecule has 0 spiro atoms. The van der Waals surface area contributed by atoms with Gasteiger partial charge in [-0.1, -0.05) is 23.7 Å². The number of nitrogens with zero attached hydrogens (tertiary/aromatic N) is 4. The molecule has 2 rings (SSSR count). The Hall–Kier alpha value is -1.92. The monoisotopic (exact) mass is 251 g/mol. The minimum absolute atomic E-state index is 0.174. The number of hydrogen-bond donors (Lipinski definition) is 2. The van der Waals surface area contributed by atoms with Gasteiger partial charge in [-0.2, -0.15) is 15.0 Å². The third-order valence-electron chi connectivity index (χ3n) is 2.01. The number of aromatic hydroxyl groups is 1. The van der Waals surface area contributed by atoms with E-state index in [9.17, 15) is 5.11 Å². The van der Waals surface area contributed by atoms with Crippen LogP contribution in [0.1, 0.15) is 0 Å². The maximum Gasteiger partial charge on any atom is 0.319 e. The zero-order valence-corrected chi connectivity index (χ0v) is 9.76. The van der Waals surface area contributed by atoms with Gasteiger partial charge in [-0.25, -0.2) is 5.84 Å². The Kier molecular flexibility index (Phi) is 3.08. The molecule has 0 saturated heterocycles. The molecule has 6 nitrogen and oxygen atoms in total. The Balaban J connectivity index is 2.52. The van der Waals surface area contributed by atoms with Crippen molar-refractivity contribution in [3.8, 4) is 17.4 Å². The molecule has 0 aliphatic heterocycles. The van der Waals surface area contributed by atoms with Crippen LogP contribution in [0.15, 0.2) is 24.3 Å². The van der Waals surface area contributed by atoms with E-state index in [4.69, 9.17) is 17.4 Å². The highest BCUT2D eigenvalue weighted by molar-refractivity contribution is 6.30. The molecule has 0 radical (unpaired) electrons. The summed E-state index contributed by atoms with van der Waals surface area (Å²) in [5.41, 5.74) is 0.679. The average molecular weight is 252 g/mol. The van der Waals surface area contributed by atoms with Gasteiger partial charge >= 0.3 is 6.01 Å². The van der Waals surface area contributed by atoms with Gasteiger partial charge in [0.2, 0.25) is 5.95 Å². The summed E-state index contributed by atoms with van der Waals surface area (Å²) >= 11 is 5.87. The smallest absolute Gasteiger partial charge is 0.319 e. The lowest BCUT2D eigenvalue weighted by atomic mass is 10.2. The summed E-state index contributed by atoms with van der Waals surface area (Å²) in [7, 11) is 1.57. The van der Waals surface area contributed by atoms with Crippen molar-refractivity contribution in [1.82, 2.24) is 15.0 Å². The van der Waals surface area contributed by atoms with Gasteiger partial charge in [0, 0.05) is 17.6 Å². The highest BCUT2D eigenvalue weighted by Crippen LogP contribution is 2.21. The molecule has 0 bridgehead atoms. The minimum atomic E-state index is -0.387. The highest BCUT2D eigenvalue weighted by Gasteiger charge is 2.09. The zero-order chi connectivity index (χ0) is 12.4. The molecule has 17 heavy (non-hydrogen) atoms. The van der Waals surface area contributed by atoms with Crippen LogP contribution >= 0.6 is 11.6 Å². The van der Waals surface area contributed by atoms with Crippen molar-refractivity contribution in [2.45, 2.75) is 0 Å². The van der Waals surface area contributed by atoms with Crippen LogP contribution in [0.2, 0.25) is 5.02 Å². The quantitative estimate of drug-likeness (QED) is 0.616. The van der Waals surface area contributed by atoms with Crippen LogP contribution in [0.5, 0.6) is 6.01 Å². The molecule has 0 aliphatic carbocycles. The fraction of sp³-hybridized carbons (Fsp3) is 0.100. The standard InChI is InChI=1S/C10H10ClN5O/c1-16(12)9-13-8(14-10(17)15-9)6-3-2-4-7(11)5-6/h2-5H,12H2,1H3,(H,13,14,15,17). The number of hydrogen-bond acceptors (Lipinski definition) is 6. The predicted molar refractivity (Wildman–Crippen MR) is 64.5 cm³/mol. The number of nitrogens with two attached hydrogens (primary N) is 1. The molecule has 1 aromatic carbocycles. The summed E-state index contributed by atoms with van der Waals surface area (Å²) in [4.78, 5) is 11.6. The van der Waals surface area contributed by atoms with E-state index in [1.807, 2.05) is 0 Å². The van der Waals surface area contributed by atoms with Crippen molar-refractivity contribution >= 4 is 17.5 Å². The molecule has 0 saturated carbocycles. The van der Waals surface area contributed by atoms with Crippen LogP contribution in [-0.4, -0.2) is 27.1 Å². The van der Waals surface area contributed by atoms with Crippen LogP contribution in [0.4, 0.5) is 5.95 Å². The number of hydrazine groups is 1. The van der Waals surface area contributed by atoms with Gasteiger partial charge in [-0.05, 0) is 12.1 Å². The van der Waals surface area contributed by atoms with Crippen LogP contribution in [0.3, 0.4) is 0 Å². The Labute approximate surface area is 103 Å². The third kappa shape index (κ3) is 2.61. The molecule has 0 amide bonds. The molecule has 0 atom stereocenters. The topological polar surface area (TPSA) is 88.2 Å². The third-order valence-corrected chi connectivity index (χ3v) is 2.25. The van der Waals surface area contributed by atoms with E-state index in [1.54, 1.807) is 31.3 Å². The summed E-state index contributed by atoms with van der Waals surface area (Å²) < 4.78 is 0. The maximum atomic E-state index is 9.40. The SMILES string of the molecule is CN(N)c1nc(O)nc(-c2cccc(Cl)c2)n1. The largest absolute Gasteiger partial charge is 0.479 e. The second-order valence-corrected chi connectivity index (χ2v) is 3.82. The van der Waals surface area contributed by atoms with Gasteiger partial charge < -0.3 is 5.11 Å². The summed E-state index contributed by atoms with van der Waals surface area (Å²) in [6.07, 6.45) is 0. The Morgan fingerprint density at radius 1 is 1.29 bits per heavy atom. The molecule has 0 unspecified atom stereocenters. The molecule has 0 fully saturated rings. The molecular formula is C10H10ClN5O. The van der Waals surface area contributed by atoms with Gasteiger partial charge in [-0.3, -0.25) is 5.01 Å². The average Bonchev–Trinajstić information content (AvgIpc) is 2.28. The number of benzene rings is 1. The first kappa shape index (κ1) is 11.6. The van der Waals surface area contributed by atoms with Crippen molar-refractivity contribution in [3.05, 3.63) is 29.3 Å². The normalized spacial score (nSPS) is 10.3. The molecule has 2 aromatic rings. The molecule has 1 aromatic heterocycles. The van der Waals surface area contributed by atoms with Crippen LogP contribution in [0, 0.1) is 0 Å². The Bertz CT molecular complexity index is 546. The molecule has 7 heteroatoms. The highest BCUT2D eigenvalue weighted by atomic mass is 35.5.